The second kappa shape index (κ2) is 11.7. The summed E-state index contributed by atoms with van der Waals surface area (Å²) in [5.74, 6) is 1.22. The number of benzene rings is 2. The molecule has 4 rings (SSSR count). The molecule has 0 aliphatic carbocycles. The number of ether oxygens (including phenoxy) is 1. The highest BCUT2D eigenvalue weighted by molar-refractivity contribution is 6.09. The topological polar surface area (TPSA) is 104 Å². The van der Waals surface area contributed by atoms with Crippen LogP contribution in [-0.2, 0) is 13.1 Å². The van der Waals surface area contributed by atoms with E-state index in [-0.39, 0.29) is 11.8 Å². The lowest BCUT2D eigenvalue weighted by Crippen LogP contribution is -2.10. The molecule has 0 atom stereocenters. The molecule has 34 heavy (non-hydrogen) atoms. The van der Waals surface area contributed by atoms with Gasteiger partial charge in [-0.15, -0.1) is 0 Å². The summed E-state index contributed by atoms with van der Waals surface area (Å²) in [6, 6.07) is 10.6. The third-order valence-electron chi connectivity index (χ3n) is 5.41. The number of nitrogens with one attached hydrogen (secondary N) is 1. The molecule has 2 aromatic heterocycles. The molecule has 0 amide bonds. The van der Waals surface area contributed by atoms with E-state index in [2.05, 4.69) is 40.6 Å². The van der Waals surface area contributed by atoms with Crippen molar-refractivity contribution in [2.24, 2.45) is 5.73 Å². The van der Waals surface area contributed by atoms with Gasteiger partial charge >= 0.3 is 0 Å². The van der Waals surface area contributed by atoms with Crippen molar-refractivity contribution < 1.29 is 9.13 Å². The molecular formula is C26H35FN6O. The number of hydrogen-bond donors (Lipinski definition) is 3. The number of rotatable bonds is 8. The zero-order valence-electron chi connectivity index (χ0n) is 20.5. The molecule has 0 aliphatic rings. The first kappa shape index (κ1) is 25.2. The number of halogens is 1. The number of aromatic nitrogens is 3. The summed E-state index contributed by atoms with van der Waals surface area (Å²) < 4.78 is 21.8. The minimum Gasteiger partial charge on any atom is -0.496 e. The molecule has 4 aromatic rings. The smallest absolute Gasteiger partial charge is 0.222 e. The van der Waals surface area contributed by atoms with Crippen LogP contribution in [0, 0.1) is 5.82 Å². The highest BCUT2D eigenvalue weighted by atomic mass is 19.1. The Bertz CT molecular complexity index is 1250. The molecule has 0 saturated carbocycles. The third-order valence-corrected chi connectivity index (χ3v) is 5.41. The van der Waals surface area contributed by atoms with E-state index in [9.17, 15) is 4.39 Å². The van der Waals surface area contributed by atoms with Crippen molar-refractivity contribution >= 4 is 33.7 Å². The molecule has 0 saturated heterocycles. The molecule has 0 spiro atoms. The van der Waals surface area contributed by atoms with Crippen LogP contribution in [0.4, 0.5) is 16.2 Å². The normalized spacial score (nSPS) is 10.9. The van der Waals surface area contributed by atoms with E-state index in [1.807, 2.05) is 18.2 Å². The van der Waals surface area contributed by atoms with Crippen molar-refractivity contribution in [2.75, 3.05) is 24.7 Å². The Kier molecular flexibility index (Phi) is 8.65. The van der Waals surface area contributed by atoms with Crippen molar-refractivity contribution in [3.8, 4) is 5.75 Å². The van der Waals surface area contributed by atoms with Crippen molar-refractivity contribution in [2.45, 2.75) is 53.1 Å². The largest absolute Gasteiger partial charge is 0.496 e. The predicted molar refractivity (Wildman–Crippen MR) is 139 cm³/mol. The predicted octanol–water partition coefficient (Wildman–Crippen LogP) is 5.45. The van der Waals surface area contributed by atoms with E-state index >= 15 is 0 Å². The van der Waals surface area contributed by atoms with Gasteiger partial charge in [0.25, 0.3) is 0 Å². The average molecular weight is 467 g/mol. The summed E-state index contributed by atoms with van der Waals surface area (Å²) in [5.41, 5.74) is 16.1. The number of methoxy groups -OCH3 is 1. The fourth-order valence-corrected chi connectivity index (χ4v) is 3.89. The van der Waals surface area contributed by atoms with E-state index in [0.717, 1.165) is 47.3 Å². The van der Waals surface area contributed by atoms with Gasteiger partial charge < -0.3 is 26.1 Å². The third kappa shape index (κ3) is 5.39. The Hall–Kier alpha value is -3.39. The van der Waals surface area contributed by atoms with Crippen LogP contribution in [0.1, 0.15) is 51.2 Å². The second-order valence-electron chi connectivity index (χ2n) is 8.21. The average Bonchev–Trinajstić information content (AvgIpc) is 3.12. The van der Waals surface area contributed by atoms with Gasteiger partial charge in [0.1, 0.15) is 22.6 Å². The fourth-order valence-electron chi connectivity index (χ4n) is 3.89. The van der Waals surface area contributed by atoms with Crippen molar-refractivity contribution in [3.63, 3.8) is 0 Å². The van der Waals surface area contributed by atoms with Crippen LogP contribution in [0.3, 0.4) is 0 Å². The van der Waals surface area contributed by atoms with Crippen LogP contribution >= 0.6 is 0 Å². The quantitative estimate of drug-likeness (QED) is 0.298. The second-order valence-corrected chi connectivity index (χ2v) is 8.21. The van der Waals surface area contributed by atoms with Gasteiger partial charge in [-0.05, 0) is 42.3 Å². The van der Waals surface area contributed by atoms with Crippen LogP contribution in [0.15, 0.2) is 36.4 Å². The zero-order valence-corrected chi connectivity index (χ0v) is 20.5. The number of nitrogens with zero attached hydrogens (tertiary/aromatic N) is 3. The maximum absolute atomic E-state index is 14.1. The molecule has 2 aromatic carbocycles. The summed E-state index contributed by atoms with van der Waals surface area (Å²) in [6.45, 7) is 8.04. The Labute approximate surface area is 200 Å². The van der Waals surface area contributed by atoms with E-state index in [4.69, 9.17) is 16.2 Å². The lowest BCUT2D eigenvalue weighted by molar-refractivity contribution is 0.408. The number of fused-ring (bicyclic) bond motifs is 3. The van der Waals surface area contributed by atoms with Gasteiger partial charge in [-0.25, -0.2) is 9.37 Å². The molecule has 0 unspecified atom stereocenters. The molecule has 0 fully saturated rings. The SMILES string of the molecule is CCC.CCCCNc1nc(N)nc2c3cc(F)ccc3n(Cc3cc(CN)ccc3OC)c12. The van der Waals surface area contributed by atoms with Gasteiger partial charge in [-0.2, -0.15) is 4.98 Å². The highest BCUT2D eigenvalue weighted by Crippen LogP contribution is 2.34. The summed E-state index contributed by atoms with van der Waals surface area (Å²) in [5, 5.41) is 4.08. The lowest BCUT2D eigenvalue weighted by Gasteiger charge is -2.15. The first-order chi connectivity index (χ1) is 16.5. The van der Waals surface area contributed by atoms with Gasteiger partial charge in [0.2, 0.25) is 5.95 Å². The maximum Gasteiger partial charge on any atom is 0.222 e. The number of unbranched alkanes of at least 4 members (excludes halogenated alkanes) is 1. The van der Waals surface area contributed by atoms with Gasteiger partial charge in [0, 0.05) is 24.0 Å². The molecular weight excluding hydrogens is 431 g/mol. The minimum absolute atomic E-state index is 0.150. The van der Waals surface area contributed by atoms with Crippen molar-refractivity contribution in [1.29, 1.82) is 0 Å². The molecule has 0 radical (unpaired) electrons. The van der Waals surface area contributed by atoms with Gasteiger partial charge in [-0.3, -0.25) is 0 Å². The van der Waals surface area contributed by atoms with E-state index in [1.54, 1.807) is 13.2 Å². The molecule has 2 heterocycles. The van der Waals surface area contributed by atoms with Crippen molar-refractivity contribution in [3.05, 3.63) is 53.3 Å². The van der Waals surface area contributed by atoms with Crippen LogP contribution < -0.4 is 21.5 Å². The summed E-state index contributed by atoms with van der Waals surface area (Å²) in [6.07, 6.45) is 3.29. The molecule has 5 N–H and O–H groups in total. The van der Waals surface area contributed by atoms with E-state index < -0.39 is 0 Å². The first-order valence-corrected chi connectivity index (χ1v) is 11.8. The van der Waals surface area contributed by atoms with Crippen LogP contribution in [0.2, 0.25) is 0 Å². The molecule has 0 bridgehead atoms. The van der Waals surface area contributed by atoms with E-state index in [1.165, 1.54) is 18.6 Å². The number of anilines is 2. The Morgan fingerprint density at radius 3 is 2.53 bits per heavy atom. The molecule has 7 nitrogen and oxygen atoms in total. The fraction of sp³-hybridized carbons (Fsp3) is 0.385. The van der Waals surface area contributed by atoms with Crippen LogP contribution in [0.25, 0.3) is 21.9 Å². The molecule has 182 valence electrons. The maximum atomic E-state index is 14.1. The Morgan fingerprint density at radius 2 is 1.85 bits per heavy atom. The lowest BCUT2D eigenvalue weighted by atomic mass is 10.1. The zero-order chi connectivity index (χ0) is 24.7. The van der Waals surface area contributed by atoms with Gasteiger partial charge in [-0.1, -0.05) is 39.7 Å². The van der Waals surface area contributed by atoms with Crippen LogP contribution in [0.5, 0.6) is 5.75 Å². The molecule has 0 aliphatic heterocycles. The monoisotopic (exact) mass is 466 g/mol. The first-order valence-electron chi connectivity index (χ1n) is 11.8. The van der Waals surface area contributed by atoms with Crippen LogP contribution in [-0.4, -0.2) is 28.2 Å². The number of nitrogen functional groups attached to an aromatic ring is 1. The number of nitrogens with two attached hydrogens (primary N) is 2. The summed E-state index contributed by atoms with van der Waals surface area (Å²) in [4.78, 5) is 8.92. The Morgan fingerprint density at radius 1 is 1.09 bits per heavy atom. The Balaban J connectivity index is 0.00000103. The molecule has 8 heteroatoms. The van der Waals surface area contributed by atoms with E-state index in [0.29, 0.717) is 29.8 Å². The highest BCUT2D eigenvalue weighted by Gasteiger charge is 2.19. The number of hydrogen-bond acceptors (Lipinski definition) is 6. The van der Waals surface area contributed by atoms with Gasteiger partial charge in [0.15, 0.2) is 5.82 Å². The standard InChI is InChI=1S/C23H27FN6O.C3H8/c1-3-4-9-27-22-21-20(28-23(26)29-22)17-11-16(24)6-7-18(17)30(21)13-15-10-14(12-25)5-8-19(15)31-2;1-3-2/h5-8,10-11H,3-4,9,12-13,25H2,1-2H3,(H3,26,27,28,29);3H2,1-2H3. The summed E-state index contributed by atoms with van der Waals surface area (Å²) in [7, 11) is 1.64. The van der Waals surface area contributed by atoms with Crippen molar-refractivity contribution in [1.82, 2.24) is 14.5 Å². The summed E-state index contributed by atoms with van der Waals surface area (Å²) >= 11 is 0. The van der Waals surface area contributed by atoms with Gasteiger partial charge in [0.05, 0.1) is 19.2 Å². The minimum atomic E-state index is -0.327.